The molecule has 10 atom stereocenters. The van der Waals surface area contributed by atoms with Crippen LogP contribution in [0.2, 0.25) is 5.02 Å². The molecule has 5 aliphatic rings. The molecule has 60 heavy (non-hydrogen) atoms. The number of ketones is 1. The Kier molecular flexibility index (Phi) is 13.0. The van der Waals surface area contributed by atoms with Crippen molar-refractivity contribution in [3.05, 3.63) is 52.9 Å². The third-order valence-corrected chi connectivity index (χ3v) is 17.6. The maximum atomic E-state index is 14.6. The van der Waals surface area contributed by atoms with Crippen LogP contribution in [-0.2, 0) is 35.2 Å². The summed E-state index contributed by atoms with van der Waals surface area (Å²) in [7, 11) is 4.13. The molecule has 10 unspecified atom stereocenters. The van der Waals surface area contributed by atoms with E-state index in [0.29, 0.717) is 36.9 Å². The van der Waals surface area contributed by atoms with Crippen molar-refractivity contribution in [3.63, 3.8) is 0 Å². The second-order valence-electron chi connectivity index (χ2n) is 22.0. The number of allylic oxidation sites excluding steroid dienone is 1. The number of likely N-dealkylation sites (N-methyl/N-ethyl adjacent to an activating group) is 1. The van der Waals surface area contributed by atoms with Gasteiger partial charge in [0.15, 0.2) is 5.78 Å². The topological polar surface area (TPSA) is 113 Å². The number of esters is 2. The molecule has 4 saturated carbocycles. The fraction of sp³-hybridized carbons (Fsp3) is 0.740. The average molecular weight is 851 g/mol. The zero-order chi connectivity index (χ0) is 44.4. The van der Waals surface area contributed by atoms with Crippen LogP contribution in [0.15, 0.2) is 35.4 Å². The maximum Gasteiger partial charge on any atom is 0.309 e. The van der Waals surface area contributed by atoms with Gasteiger partial charge in [-0.25, -0.2) is 0 Å². The molecular weight excluding hydrogens is 776 g/mol. The van der Waals surface area contributed by atoms with Gasteiger partial charge in [0.25, 0.3) is 0 Å². The van der Waals surface area contributed by atoms with Crippen molar-refractivity contribution >= 4 is 35.3 Å². The summed E-state index contributed by atoms with van der Waals surface area (Å²) >= 11 is 6.73. The number of carboxylic acids is 1. The van der Waals surface area contributed by atoms with Crippen LogP contribution in [0.1, 0.15) is 132 Å². The quantitative estimate of drug-likeness (QED) is 0.144. The summed E-state index contributed by atoms with van der Waals surface area (Å²) in [5.41, 5.74) is 0.789. The summed E-state index contributed by atoms with van der Waals surface area (Å²) in [6.45, 7) is 26.1. The first kappa shape index (κ1) is 46.7. The molecule has 0 saturated heterocycles. The number of nitrogens with zero attached hydrogens (tertiary/aromatic N) is 2. The lowest BCUT2D eigenvalue weighted by Crippen LogP contribution is -2.66. The molecule has 1 aromatic carbocycles. The lowest BCUT2D eigenvalue weighted by Gasteiger charge is -2.73. The highest BCUT2D eigenvalue weighted by Crippen LogP contribution is 2.77. The van der Waals surface area contributed by atoms with Gasteiger partial charge < -0.3 is 26.4 Å². The summed E-state index contributed by atoms with van der Waals surface area (Å²) in [6, 6.07) is 7.94. The molecule has 0 heterocycles. The minimum atomic E-state index is -1.20. The van der Waals surface area contributed by atoms with E-state index in [-0.39, 0.29) is 58.3 Å². The number of ether oxygens (including phenoxy) is 2. The number of carbonyl (C=O) groups excluding carboxylic acids is 3. The standard InChI is InChI=1S/C50H74ClN2O7/c1-31(2)42-36(55)27-50(40(59-32(3)54)30-53(26-25-52(11)12)29-33-15-13-14-16-35(33)51)24-23-48(9)34(43(42)50)17-18-38-47(8)21-20-39(60-41(56)28-45(4,5)44(57)58)46(6,7)37(47)19-22-49(38,48)10/h13-16,31,34,37-40H,6,17-30H2,1-5,7-12H3,(H,57,58)/q-1. The predicted octanol–water partition coefficient (Wildman–Crippen LogP) is 9.84. The Morgan fingerprint density at radius 1 is 0.950 bits per heavy atom. The molecule has 1 N–H and O–H groups in total. The number of hydrogen-bond acceptors (Lipinski definition) is 8. The van der Waals surface area contributed by atoms with Crippen LogP contribution >= 0.6 is 11.6 Å². The Labute approximate surface area is 365 Å². The smallest absolute Gasteiger partial charge is 0.309 e. The minimum absolute atomic E-state index is 0.0299. The zero-order valence-corrected chi connectivity index (χ0v) is 39.3. The number of carbonyl (C=O) groups is 4. The van der Waals surface area contributed by atoms with Gasteiger partial charge in [0, 0.05) is 50.0 Å². The molecule has 334 valence electrons. The summed E-state index contributed by atoms with van der Waals surface area (Å²) in [6.07, 6.45) is 6.61. The number of carboxylic acid groups (broad SMARTS) is 1. The summed E-state index contributed by atoms with van der Waals surface area (Å²) in [5.74, 6) is -0.736. The van der Waals surface area contributed by atoms with Crippen molar-refractivity contribution in [1.29, 1.82) is 0 Å². The number of Topliss-reactive ketones (excluding diaryl/α,β-unsaturated/α-hetero) is 1. The largest absolute Gasteiger partial charge is 0.481 e. The summed E-state index contributed by atoms with van der Waals surface area (Å²) < 4.78 is 12.7. The normalized spacial score (nSPS) is 35.8. The van der Waals surface area contributed by atoms with Crippen molar-refractivity contribution in [3.8, 4) is 0 Å². The van der Waals surface area contributed by atoms with E-state index in [2.05, 4.69) is 71.5 Å². The van der Waals surface area contributed by atoms with Crippen molar-refractivity contribution in [2.24, 2.45) is 56.2 Å². The number of halogens is 1. The van der Waals surface area contributed by atoms with E-state index in [1.807, 2.05) is 18.2 Å². The van der Waals surface area contributed by atoms with Gasteiger partial charge in [0.05, 0.1) is 17.9 Å². The van der Waals surface area contributed by atoms with E-state index in [1.54, 1.807) is 13.8 Å². The van der Waals surface area contributed by atoms with E-state index in [4.69, 9.17) is 28.0 Å². The predicted molar refractivity (Wildman–Crippen MR) is 236 cm³/mol. The molecule has 0 bridgehead atoms. The summed E-state index contributed by atoms with van der Waals surface area (Å²) in [5, 5.41) is 10.4. The van der Waals surface area contributed by atoms with Crippen LogP contribution in [0.5, 0.6) is 0 Å². The minimum Gasteiger partial charge on any atom is -0.481 e. The molecule has 0 radical (unpaired) electrons. The fourth-order valence-electron chi connectivity index (χ4n) is 13.9. The SMILES string of the molecule is [CH2-]C1(C)C(OC(=O)CC(C)(C)C(=O)O)CCC2(C)C1CCC1(C)C2CCC2C3=C(C(C)C)C(=O)CC3(C(CN(CCN(C)C)Cc3ccccc3Cl)OC(C)=O)CCC21C. The highest BCUT2D eigenvalue weighted by molar-refractivity contribution is 6.31. The van der Waals surface area contributed by atoms with Crippen LogP contribution in [0, 0.1) is 63.1 Å². The third kappa shape index (κ3) is 8.04. The zero-order valence-electron chi connectivity index (χ0n) is 38.5. The van der Waals surface area contributed by atoms with E-state index < -0.39 is 34.3 Å². The highest BCUT2D eigenvalue weighted by Gasteiger charge is 2.70. The Balaban J connectivity index is 1.34. The van der Waals surface area contributed by atoms with Crippen molar-refractivity contribution in [2.45, 2.75) is 145 Å². The molecule has 4 fully saturated rings. The molecule has 0 aliphatic heterocycles. The molecule has 10 heteroatoms. The third-order valence-electron chi connectivity index (χ3n) is 17.2. The number of aliphatic carboxylic acids is 1. The number of benzene rings is 1. The second kappa shape index (κ2) is 16.7. The van der Waals surface area contributed by atoms with Gasteiger partial charge in [-0.1, -0.05) is 83.7 Å². The van der Waals surface area contributed by atoms with E-state index >= 15 is 0 Å². The van der Waals surface area contributed by atoms with E-state index in [0.717, 1.165) is 69.2 Å². The van der Waals surface area contributed by atoms with Gasteiger partial charge in [0.2, 0.25) is 0 Å². The molecule has 0 amide bonds. The van der Waals surface area contributed by atoms with Crippen LogP contribution in [-0.4, -0.2) is 84.5 Å². The first-order valence-electron chi connectivity index (χ1n) is 22.7. The molecule has 0 aromatic heterocycles. The monoisotopic (exact) mass is 850 g/mol. The lowest BCUT2D eigenvalue weighted by atomic mass is 9.33. The van der Waals surface area contributed by atoms with Gasteiger partial charge in [-0.15, -0.1) is 5.41 Å². The summed E-state index contributed by atoms with van der Waals surface area (Å²) in [4.78, 5) is 57.3. The lowest BCUT2D eigenvalue weighted by molar-refractivity contribution is -0.231. The van der Waals surface area contributed by atoms with Crippen LogP contribution < -0.4 is 0 Å². The molecule has 5 aliphatic carbocycles. The number of hydrogen-bond donors (Lipinski definition) is 1. The van der Waals surface area contributed by atoms with Gasteiger partial charge in [0.1, 0.15) is 6.10 Å². The fourth-order valence-corrected chi connectivity index (χ4v) is 14.1. The number of fused-ring (bicyclic) bond motifs is 7. The Bertz CT molecular complexity index is 1870. The first-order valence-corrected chi connectivity index (χ1v) is 23.1. The number of rotatable bonds is 14. The van der Waals surface area contributed by atoms with Crippen molar-refractivity contribution in [1.82, 2.24) is 9.80 Å². The van der Waals surface area contributed by atoms with E-state index in [1.165, 1.54) is 12.5 Å². The van der Waals surface area contributed by atoms with Gasteiger partial charge in [-0.2, -0.15) is 0 Å². The van der Waals surface area contributed by atoms with Crippen LogP contribution in [0.25, 0.3) is 0 Å². The Hall–Kier alpha value is -2.75. The molecule has 6 rings (SSSR count). The average Bonchev–Trinajstić information content (AvgIpc) is 3.45. The van der Waals surface area contributed by atoms with Gasteiger partial charge in [-0.05, 0) is 130 Å². The molecule has 1 aromatic rings. The Morgan fingerprint density at radius 2 is 1.63 bits per heavy atom. The molecular formula is C50H74ClN2O7-. The van der Waals surface area contributed by atoms with Crippen LogP contribution in [0.3, 0.4) is 0 Å². The van der Waals surface area contributed by atoms with Crippen molar-refractivity contribution < 1.29 is 33.8 Å². The molecule has 9 nitrogen and oxygen atoms in total. The second-order valence-corrected chi connectivity index (χ2v) is 22.4. The molecule has 0 spiro atoms. The Morgan fingerprint density at radius 3 is 2.25 bits per heavy atom. The van der Waals surface area contributed by atoms with Gasteiger partial charge >= 0.3 is 17.9 Å². The highest BCUT2D eigenvalue weighted by atomic mass is 35.5. The maximum absolute atomic E-state index is 14.6. The van der Waals surface area contributed by atoms with Crippen molar-refractivity contribution in [2.75, 3.05) is 33.7 Å². The van der Waals surface area contributed by atoms with Crippen LogP contribution in [0.4, 0.5) is 0 Å². The van der Waals surface area contributed by atoms with Gasteiger partial charge in [-0.3, -0.25) is 24.1 Å². The first-order chi connectivity index (χ1) is 27.8. The van der Waals surface area contributed by atoms with E-state index in [9.17, 15) is 24.3 Å².